The van der Waals surface area contributed by atoms with Crippen molar-refractivity contribution in [1.82, 2.24) is 24.1 Å². The van der Waals surface area contributed by atoms with E-state index in [2.05, 4.69) is 209 Å². The van der Waals surface area contributed by atoms with Gasteiger partial charge in [0.1, 0.15) is 0 Å². The number of rotatable bonds is 7. The largest absolute Gasteiger partial charge is 0.309 e. The molecule has 0 amide bonds. The van der Waals surface area contributed by atoms with Crippen LogP contribution in [0.5, 0.6) is 0 Å². The molecule has 0 aliphatic rings. The number of hydrogen-bond acceptors (Lipinski definition) is 3. The molecule has 290 valence electrons. The zero-order chi connectivity index (χ0) is 41.0. The summed E-state index contributed by atoms with van der Waals surface area (Å²) in [7, 11) is 0. The molecule has 12 aromatic rings. The minimum absolute atomic E-state index is 0.602. The first-order chi connectivity index (χ1) is 30.7. The summed E-state index contributed by atoms with van der Waals surface area (Å²) in [4.78, 5) is 15.6. The van der Waals surface area contributed by atoms with Crippen LogP contribution in [0.15, 0.2) is 224 Å². The molecule has 0 aliphatic heterocycles. The second kappa shape index (κ2) is 14.7. The van der Waals surface area contributed by atoms with Crippen molar-refractivity contribution in [2.45, 2.75) is 0 Å². The van der Waals surface area contributed by atoms with Crippen LogP contribution in [0.25, 0.3) is 111 Å². The van der Waals surface area contributed by atoms with Crippen LogP contribution in [0.1, 0.15) is 0 Å². The van der Waals surface area contributed by atoms with Crippen molar-refractivity contribution < 1.29 is 0 Å². The number of aromatic nitrogens is 5. The van der Waals surface area contributed by atoms with Gasteiger partial charge >= 0.3 is 0 Å². The van der Waals surface area contributed by atoms with Gasteiger partial charge in [0.15, 0.2) is 17.5 Å². The second-order valence-electron chi connectivity index (χ2n) is 15.7. The first kappa shape index (κ1) is 35.5. The van der Waals surface area contributed by atoms with Gasteiger partial charge in [0, 0.05) is 49.6 Å². The fourth-order valence-electron chi connectivity index (χ4n) is 9.06. The fraction of sp³-hybridized carbons (Fsp3) is 0. The molecule has 5 heteroatoms. The zero-order valence-corrected chi connectivity index (χ0v) is 33.6. The lowest BCUT2D eigenvalue weighted by Crippen LogP contribution is -2.02. The van der Waals surface area contributed by atoms with E-state index in [1.165, 1.54) is 32.6 Å². The Balaban J connectivity index is 1.11. The molecule has 62 heavy (non-hydrogen) atoms. The van der Waals surface area contributed by atoms with E-state index in [0.717, 1.165) is 61.4 Å². The zero-order valence-electron chi connectivity index (χ0n) is 33.6. The van der Waals surface area contributed by atoms with E-state index >= 15 is 0 Å². The van der Waals surface area contributed by atoms with Crippen LogP contribution >= 0.6 is 0 Å². The maximum atomic E-state index is 5.29. The Kier molecular flexibility index (Phi) is 8.42. The van der Waals surface area contributed by atoms with Crippen LogP contribution in [-0.4, -0.2) is 24.1 Å². The smallest absolute Gasteiger partial charge is 0.164 e. The Morgan fingerprint density at radius 2 is 0.629 bits per heavy atom. The molecule has 0 fully saturated rings. The Bertz CT molecular complexity index is 3570. The van der Waals surface area contributed by atoms with Crippen LogP contribution in [0, 0.1) is 0 Å². The first-order valence-corrected chi connectivity index (χ1v) is 20.9. The minimum atomic E-state index is 0.602. The summed E-state index contributed by atoms with van der Waals surface area (Å²) < 4.78 is 4.80. The normalized spacial score (nSPS) is 11.5. The lowest BCUT2D eigenvalue weighted by Gasteiger charge is -2.15. The van der Waals surface area contributed by atoms with Gasteiger partial charge in [-0.05, 0) is 76.9 Å². The van der Waals surface area contributed by atoms with Crippen LogP contribution in [0.2, 0.25) is 0 Å². The van der Waals surface area contributed by atoms with Crippen LogP contribution in [0.3, 0.4) is 0 Å². The van der Waals surface area contributed by atoms with E-state index in [1.807, 2.05) is 24.3 Å². The molecule has 12 rings (SSSR count). The van der Waals surface area contributed by atoms with Gasteiger partial charge in [-0.2, -0.15) is 0 Å². The van der Waals surface area contributed by atoms with Crippen LogP contribution in [-0.2, 0) is 0 Å². The van der Waals surface area contributed by atoms with E-state index in [9.17, 15) is 0 Å². The summed E-state index contributed by atoms with van der Waals surface area (Å²) in [5.41, 5.74) is 13.9. The average molecular weight is 792 g/mol. The van der Waals surface area contributed by atoms with E-state index in [-0.39, 0.29) is 0 Å². The topological polar surface area (TPSA) is 48.5 Å². The number of fused-ring (bicyclic) bond motifs is 6. The Morgan fingerprint density at radius 1 is 0.226 bits per heavy atom. The summed E-state index contributed by atoms with van der Waals surface area (Å²) in [6, 6.07) is 79.3. The molecule has 0 atom stereocenters. The van der Waals surface area contributed by atoms with Crippen molar-refractivity contribution >= 4 is 43.6 Å². The second-order valence-corrected chi connectivity index (χ2v) is 15.7. The molecule has 3 heterocycles. The predicted octanol–water partition coefficient (Wildman–Crippen LogP) is 14.4. The van der Waals surface area contributed by atoms with Gasteiger partial charge in [0.25, 0.3) is 0 Å². The molecule has 0 N–H and O–H groups in total. The van der Waals surface area contributed by atoms with Gasteiger partial charge in [-0.15, -0.1) is 0 Å². The maximum Gasteiger partial charge on any atom is 0.164 e. The Morgan fingerprint density at radius 3 is 1.23 bits per heavy atom. The summed E-state index contributed by atoms with van der Waals surface area (Å²) in [5.74, 6) is 1.84. The molecule has 0 spiro atoms. The van der Waals surface area contributed by atoms with Gasteiger partial charge in [0.05, 0.1) is 22.1 Å². The lowest BCUT2D eigenvalue weighted by atomic mass is 10.0. The summed E-state index contributed by atoms with van der Waals surface area (Å²) >= 11 is 0. The van der Waals surface area contributed by atoms with E-state index in [4.69, 9.17) is 15.0 Å². The number of hydrogen-bond donors (Lipinski definition) is 0. The molecule has 5 nitrogen and oxygen atoms in total. The predicted molar refractivity (Wildman–Crippen MR) is 256 cm³/mol. The molecule has 0 saturated carbocycles. The first-order valence-electron chi connectivity index (χ1n) is 20.9. The third-order valence-electron chi connectivity index (χ3n) is 11.9. The maximum absolute atomic E-state index is 5.29. The summed E-state index contributed by atoms with van der Waals surface area (Å²) in [6.45, 7) is 0. The van der Waals surface area contributed by atoms with Crippen molar-refractivity contribution in [1.29, 1.82) is 0 Å². The highest BCUT2D eigenvalue weighted by Gasteiger charge is 2.20. The monoisotopic (exact) mass is 791 g/mol. The molecule has 9 aromatic carbocycles. The van der Waals surface area contributed by atoms with E-state index in [0.29, 0.717) is 17.5 Å². The van der Waals surface area contributed by atoms with Gasteiger partial charge in [-0.25, -0.2) is 15.0 Å². The SMILES string of the molecule is c1ccc(-c2cccc(-c3nc(-c4ccccc4)nc(-c4cc(-c5ccccc5)cc(-n5c6ccccc6c6ccc(-n7c8ccccc8c8ccccc87)cc65)c4)n3)c2)cc1. The van der Waals surface area contributed by atoms with Gasteiger partial charge in [0.2, 0.25) is 0 Å². The van der Waals surface area contributed by atoms with Gasteiger partial charge in [-0.3, -0.25) is 0 Å². The van der Waals surface area contributed by atoms with Crippen LogP contribution < -0.4 is 0 Å². The highest BCUT2D eigenvalue weighted by molar-refractivity contribution is 6.12. The standard InChI is InChI=1S/C57H37N5/c1-4-17-38(18-5-1)41-23-16-24-42(33-41)56-58-55(40-21-8-3-9-22-40)59-57(60-56)44-34-43(39-19-6-2-7-20-39)35-46(36-44)62-53-30-15-12-27-49(53)50-32-31-45(37-54(50)62)61-51-28-13-10-25-47(51)48-26-11-14-29-52(48)61/h1-37H. The Labute approximate surface area is 358 Å². The van der Waals surface area contributed by atoms with Crippen molar-refractivity contribution in [3.8, 4) is 67.8 Å². The molecule has 0 radical (unpaired) electrons. The molecule has 0 aliphatic carbocycles. The number of para-hydroxylation sites is 3. The summed E-state index contributed by atoms with van der Waals surface area (Å²) in [6.07, 6.45) is 0. The highest BCUT2D eigenvalue weighted by Crippen LogP contribution is 2.39. The molecular weight excluding hydrogens is 755 g/mol. The quantitative estimate of drug-likeness (QED) is 0.162. The Hall–Kier alpha value is -8.41. The van der Waals surface area contributed by atoms with Gasteiger partial charge in [-0.1, -0.05) is 170 Å². The molecule has 3 aromatic heterocycles. The van der Waals surface area contributed by atoms with Crippen molar-refractivity contribution in [2.24, 2.45) is 0 Å². The molecule has 0 unspecified atom stereocenters. The van der Waals surface area contributed by atoms with Crippen molar-refractivity contribution in [3.63, 3.8) is 0 Å². The molecule has 0 bridgehead atoms. The highest BCUT2D eigenvalue weighted by atomic mass is 15.0. The molecule has 0 saturated heterocycles. The fourth-order valence-corrected chi connectivity index (χ4v) is 9.06. The number of benzene rings is 9. The average Bonchev–Trinajstić information content (AvgIpc) is 3.87. The minimum Gasteiger partial charge on any atom is -0.309 e. The third kappa shape index (κ3) is 6.06. The number of nitrogens with zero attached hydrogens (tertiary/aromatic N) is 5. The van der Waals surface area contributed by atoms with E-state index < -0.39 is 0 Å². The van der Waals surface area contributed by atoms with E-state index in [1.54, 1.807) is 0 Å². The third-order valence-corrected chi connectivity index (χ3v) is 11.9. The van der Waals surface area contributed by atoms with Gasteiger partial charge < -0.3 is 9.13 Å². The molecular formula is C57H37N5. The van der Waals surface area contributed by atoms with Crippen LogP contribution in [0.4, 0.5) is 0 Å². The summed E-state index contributed by atoms with van der Waals surface area (Å²) in [5, 5.41) is 4.85. The lowest BCUT2D eigenvalue weighted by molar-refractivity contribution is 1.07. The van der Waals surface area contributed by atoms with Crippen molar-refractivity contribution in [3.05, 3.63) is 224 Å². The van der Waals surface area contributed by atoms with Crippen molar-refractivity contribution in [2.75, 3.05) is 0 Å².